The number of hydrogen-bond donors (Lipinski definition) is 1. The lowest BCUT2D eigenvalue weighted by Gasteiger charge is -2.11. The van der Waals surface area contributed by atoms with Gasteiger partial charge in [0.1, 0.15) is 18.2 Å². The summed E-state index contributed by atoms with van der Waals surface area (Å²) in [4.78, 5) is 0. The van der Waals surface area contributed by atoms with Crippen molar-refractivity contribution in [3.63, 3.8) is 0 Å². The Bertz CT molecular complexity index is 884. The number of anilines is 1. The maximum Gasteiger partial charge on any atom is 0.133 e. The number of ether oxygens (including phenoxy) is 1. The van der Waals surface area contributed by atoms with Gasteiger partial charge in [0.05, 0.1) is 11.4 Å². The van der Waals surface area contributed by atoms with E-state index in [9.17, 15) is 0 Å². The average molecular weight is 376 g/mol. The van der Waals surface area contributed by atoms with Crippen LogP contribution >= 0.6 is 0 Å². The van der Waals surface area contributed by atoms with Gasteiger partial charge in [-0.15, -0.1) is 0 Å². The molecule has 4 heteroatoms. The molecule has 28 heavy (non-hydrogen) atoms. The topological polar surface area (TPSA) is 39.1 Å². The highest BCUT2D eigenvalue weighted by Crippen LogP contribution is 2.29. The predicted molar refractivity (Wildman–Crippen MR) is 114 cm³/mol. The minimum Gasteiger partial charge on any atom is -0.489 e. The highest BCUT2D eigenvalue weighted by Gasteiger charge is 2.20. The van der Waals surface area contributed by atoms with Crippen LogP contribution in [0.5, 0.6) is 5.75 Å². The molecule has 4 rings (SSSR count). The lowest BCUT2D eigenvalue weighted by molar-refractivity contribution is 0.306. The van der Waals surface area contributed by atoms with Gasteiger partial charge in [0.15, 0.2) is 0 Å². The van der Waals surface area contributed by atoms with E-state index in [1.165, 1.54) is 48.3 Å². The van der Waals surface area contributed by atoms with Crippen molar-refractivity contribution in [3.8, 4) is 11.4 Å². The molecule has 1 aliphatic heterocycles. The van der Waals surface area contributed by atoms with Gasteiger partial charge in [-0.25, -0.2) is 4.68 Å². The fourth-order valence-electron chi connectivity index (χ4n) is 3.73. The highest BCUT2D eigenvalue weighted by molar-refractivity contribution is 5.55. The molecule has 0 amide bonds. The highest BCUT2D eigenvalue weighted by atomic mass is 16.5. The normalized spacial score (nSPS) is 13.5. The van der Waals surface area contributed by atoms with Crippen LogP contribution in [0, 0.1) is 0 Å². The molecule has 0 saturated carbocycles. The van der Waals surface area contributed by atoms with Gasteiger partial charge in [0.25, 0.3) is 0 Å². The van der Waals surface area contributed by atoms with E-state index in [0.717, 1.165) is 30.8 Å². The van der Waals surface area contributed by atoms with Gasteiger partial charge < -0.3 is 10.1 Å². The Morgan fingerprint density at radius 1 is 1.04 bits per heavy atom. The van der Waals surface area contributed by atoms with Crippen LogP contribution in [-0.2, 0) is 19.4 Å². The van der Waals surface area contributed by atoms with Crippen molar-refractivity contribution >= 4 is 5.82 Å². The Morgan fingerprint density at radius 2 is 1.86 bits per heavy atom. The van der Waals surface area contributed by atoms with E-state index in [0.29, 0.717) is 6.61 Å². The van der Waals surface area contributed by atoms with E-state index in [1.54, 1.807) is 0 Å². The molecular formula is C24H29N3O. The molecule has 0 spiro atoms. The summed E-state index contributed by atoms with van der Waals surface area (Å²) in [6.07, 6.45) is 7.02. The van der Waals surface area contributed by atoms with Crippen molar-refractivity contribution < 1.29 is 4.74 Å². The third-order valence-corrected chi connectivity index (χ3v) is 5.31. The monoisotopic (exact) mass is 375 g/mol. The number of rotatable bonds is 7. The second kappa shape index (κ2) is 8.96. The summed E-state index contributed by atoms with van der Waals surface area (Å²) in [6.45, 7) is 3.84. The van der Waals surface area contributed by atoms with Gasteiger partial charge in [-0.05, 0) is 61.9 Å². The van der Waals surface area contributed by atoms with Crippen LogP contribution < -0.4 is 10.1 Å². The fraction of sp³-hybridized carbons (Fsp3) is 0.375. The summed E-state index contributed by atoms with van der Waals surface area (Å²) in [5, 5.41) is 8.60. The second-order valence-electron chi connectivity index (χ2n) is 7.44. The summed E-state index contributed by atoms with van der Waals surface area (Å²) >= 11 is 0. The van der Waals surface area contributed by atoms with Crippen molar-refractivity contribution in [2.75, 3.05) is 11.9 Å². The molecule has 0 aliphatic carbocycles. The largest absolute Gasteiger partial charge is 0.489 e. The molecule has 3 aromatic rings. The zero-order valence-electron chi connectivity index (χ0n) is 16.7. The van der Waals surface area contributed by atoms with Gasteiger partial charge in [-0.3, -0.25) is 0 Å². The van der Waals surface area contributed by atoms with Gasteiger partial charge in [0, 0.05) is 12.1 Å². The molecule has 1 aliphatic rings. The van der Waals surface area contributed by atoms with Gasteiger partial charge in [-0.2, -0.15) is 5.10 Å². The fourth-order valence-corrected chi connectivity index (χ4v) is 3.73. The van der Waals surface area contributed by atoms with Crippen LogP contribution in [0.1, 0.15) is 49.4 Å². The number of aromatic nitrogens is 2. The number of unbranched alkanes of at least 4 members (excludes halogenated alkanes) is 1. The molecular weight excluding hydrogens is 346 g/mol. The summed E-state index contributed by atoms with van der Waals surface area (Å²) in [5.74, 6) is 2.06. The summed E-state index contributed by atoms with van der Waals surface area (Å²) < 4.78 is 8.02. The number of hydrogen-bond acceptors (Lipinski definition) is 3. The standard InChI is InChI=1S/C24H29N3O/c1-2-3-12-23-22-11-7-8-17-25-24(22)27(26-23)20-13-15-21(16-14-20)28-18-19-9-5-4-6-10-19/h4-6,9-10,13-16,25H,2-3,7-8,11-12,17-18H2,1H3. The third-order valence-electron chi connectivity index (χ3n) is 5.31. The quantitative estimate of drug-likeness (QED) is 0.589. The molecule has 0 radical (unpaired) electrons. The number of aryl methyl sites for hydroxylation is 1. The minimum absolute atomic E-state index is 0.583. The molecule has 2 aromatic carbocycles. The van der Waals surface area contributed by atoms with E-state index >= 15 is 0 Å². The first-order chi connectivity index (χ1) is 13.8. The van der Waals surface area contributed by atoms with Gasteiger partial charge in [0.2, 0.25) is 0 Å². The van der Waals surface area contributed by atoms with Gasteiger partial charge in [-0.1, -0.05) is 43.7 Å². The lowest BCUT2D eigenvalue weighted by atomic mass is 10.1. The van der Waals surface area contributed by atoms with Crippen molar-refractivity contribution in [1.29, 1.82) is 0 Å². The maximum absolute atomic E-state index is 5.93. The Balaban J connectivity index is 1.54. The first kappa shape index (κ1) is 18.6. The van der Waals surface area contributed by atoms with E-state index in [2.05, 4.69) is 41.2 Å². The molecule has 0 saturated heterocycles. The molecule has 0 atom stereocenters. The van der Waals surface area contributed by atoms with Crippen molar-refractivity contribution in [2.45, 2.75) is 52.1 Å². The SMILES string of the molecule is CCCCc1nn(-c2ccc(OCc3ccccc3)cc2)c2c1CCCCN2. The van der Waals surface area contributed by atoms with Crippen LogP contribution in [0.25, 0.3) is 5.69 Å². The first-order valence-corrected chi connectivity index (χ1v) is 10.5. The van der Waals surface area contributed by atoms with Gasteiger partial charge >= 0.3 is 0 Å². The summed E-state index contributed by atoms with van der Waals surface area (Å²) in [6, 6.07) is 18.5. The third kappa shape index (κ3) is 4.22. The Morgan fingerprint density at radius 3 is 2.64 bits per heavy atom. The molecule has 0 bridgehead atoms. The molecule has 2 heterocycles. The van der Waals surface area contributed by atoms with E-state index < -0.39 is 0 Å². The number of fused-ring (bicyclic) bond motifs is 1. The second-order valence-corrected chi connectivity index (χ2v) is 7.44. The minimum atomic E-state index is 0.583. The maximum atomic E-state index is 5.93. The Labute approximate surface area is 167 Å². The zero-order valence-corrected chi connectivity index (χ0v) is 16.7. The zero-order chi connectivity index (χ0) is 19.2. The average Bonchev–Trinajstić information content (AvgIpc) is 2.91. The van der Waals surface area contributed by atoms with Crippen molar-refractivity contribution in [2.24, 2.45) is 0 Å². The first-order valence-electron chi connectivity index (χ1n) is 10.5. The van der Waals surface area contributed by atoms with Crippen molar-refractivity contribution in [1.82, 2.24) is 9.78 Å². The van der Waals surface area contributed by atoms with Crippen LogP contribution in [0.4, 0.5) is 5.82 Å². The smallest absolute Gasteiger partial charge is 0.133 e. The molecule has 0 unspecified atom stereocenters. The Hall–Kier alpha value is -2.75. The van der Waals surface area contributed by atoms with Crippen LogP contribution in [0.2, 0.25) is 0 Å². The predicted octanol–water partition coefficient (Wildman–Crippen LogP) is 5.54. The van der Waals surface area contributed by atoms with Crippen LogP contribution in [-0.4, -0.2) is 16.3 Å². The molecule has 1 N–H and O–H groups in total. The van der Waals surface area contributed by atoms with Crippen molar-refractivity contribution in [3.05, 3.63) is 71.4 Å². The summed E-state index contributed by atoms with van der Waals surface area (Å²) in [5.41, 5.74) is 4.93. The van der Waals surface area contributed by atoms with E-state index in [1.807, 2.05) is 30.3 Å². The van der Waals surface area contributed by atoms with Crippen LogP contribution in [0.15, 0.2) is 54.6 Å². The molecule has 146 valence electrons. The number of nitrogens with zero attached hydrogens (tertiary/aromatic N) is 2. The molecule has 4 nitrogen and oxygen atoms in total. The number of nitrogens with one attached hydrogen (secondary N) is 1. The van der Waals surface area contributed by atoms with E-state index in [4.69, 9.17) is 9.84 Å². The number of benzene rings is 2. The molecule has 0 fully saturated rings. The lowest BCUT2D eigenvalue weighted by Crippen LogP contribution is -2.07. The van der Waals surface area contributed by atoms with Crippen LogP contribution in [0.3, 0.4) is 0 Å². The Kier molecular flexibility index (Phi) is 5.95. The molecule has 1 aromatic heterocycles. The summed E-state index contributed by atoms with van der Waals surface area (Å²) in [7, 11) is 0. The van der Waals surface area contributed by atoms with E-state index in [-0.39, 0.29) is 0 Å².